The molecular formula is C24H23N2O6PS. The molecule has 8 nitrogen and oxygen atoms in total. The average molecular weight is 498 g/mol. The highest BCUT2D eigenvalue weighted by atomic mass is 32.2. The molecule has 0 saturated carbocycles. The summed E-state index contributed by atoms with van der Waals surface area (Å²) in [5.74, 6) is 0.732. The first-order chi connectivity index (χ1) is 16.4. The van der Waals surface area contributed by atoms with Crippen molar-refractivity contribution < 1.29 is 27.7 Å². The molecule has 0 saturated heterocycles. The van der Waals surface area contributed by atoms with E-state index in [9.17, 15) is 14.2 Å². The van der Waals surface area contributed by atoms with Crippen molar-refractivity contribution in [2.24, 2.45) is 5.73 Å². The van der Waals surface area contributed by atoms with E-state index >= 15 is 0 Å². The average Bonchev–Trinajstić information content (AvgIpc) is 2.83. The minimum absolute atomic E-state index is 0.0883. The van der Waals surface area contributed by atoms with Crippen LogP contribution in [0.5, 0.6) is 11.5 Å². The number of rotatable bonds is 9. The van der Waals surface area contributed by atoms with E-state index in [2.05, 4.69) is 5.32 Å². The fourth-order valence-corrected chi connectivity index (χ4v) is 5.41. The Kier molecular flexibility index (Phi) is 7.57. The molecule has 0 bridgehead atoms. The fraction of sp³-hybridized carbons (Fsp3) is 0.167. The quantitative estimate of drug-likeness (QED) is 0.325. The Morgan fingerprint density at radius 3 is 2.56 bits per heavy atom. The second-order valence-electron chi connectivity index (χ2n) is 7.41. The number of hydrogen-bond acceptors (Lipinski definition) is 7. The summed E-state index contributed by atoms with van der Waals surface area (Å²) >= 11 is 1.50. The predicted molar refractivity (Wildman–Crippen MR) is 129 cm³/mol. The molecule has 2 amide bonds. The molecular weight excluding hydrogens is 475 g/mol. The van der Waals surface area contributed by atoms with Gasteiger partial charge in [-0.05, 0) is 35.9 Å². The van der Waals surface area contributed by atoms with Crippen molar-refractivity contribution in [3.05, 3.63) is 89.5 Å². The molecule has 1 unspecified atom stereocenters. The minimum Gasteiger partial charge on any atom is -0.395 e. The predicted octanol–water partition coefficient (Wildman–Crippen LogP) is 4.68. The third-order valence-electron chi connectivity index (χ3n) is 4.88. The SMILES string of the molecule is NC(=O)CCNC(=O)c1ccccc1SCc1ccc(OP2(=O)OCc3ccccc3O2)cc1. The first-order valence-corrected chi connectivity index (χ1v) is 13.0. The zero-order chi connectivity index (χ0) is 24.0. The number of fused-ring (bicyclic) bond motifs is 1. The Balaban J connectivity index is 1.35. The van der Waals surface area contributed by atoms with Gasteiger partial charge >= 0.3 is 7.82 Å². The van der Waals surface area contributed by atoms with Crippen LogP contribution in [-0.4, -0.2) is 18.4 Å². The molecule has 3 N–H and O–H groups in total. The van der Waals surface area contributed by atoms with Gasteiger partial charge in [-0.2, -0.15) is 0 Å². The van der Waals surface area contributed by atoms with E-state index in [0.29, 0.717) is 22.8 Å². The van der Waals surface area contributed by atoms with Gasteiger partial charge in [-0.15, -0.1) is 11.8 Å². The van der Waals surface area contributed by atoms with E-state index in [4.69, 9.17) is 19.3 Å². The summed E-state index contributed by atoms with van der Waals surface area (Å²) in [6.07, 6.45) is 0.0883. The highest BCUT2D eigenvalue weighted by Gasteiger charge is 2.35. The lowest BCUT2D eigenvalue weighted by Gasteiger charge is -2.24. The van der Waals surface area contributed by atoms with E-state index in [1.807, 2.05) is 36.4 Å². The van der Waals surface area contributed by atoms with Gasteiger partial charge in [0.25, 0.3) is 5.91 Å². The van der Waals surface area contributed by atoms with Crippen LogP contribution in [0.2, 0.25) is 0 Å². The lowest BCUT2D eigenvalue weighted by atomic mass is 10.2. The highest BCUT2D eigenvalue weighted by molar-refractivity contribution is 7.98. The van der Waals surface area contributed by atoms with Gasteiger partial charge in [-0.25, -0.2) is 4.57 Å². The van der Waals surface area contributed by atoms with Crippen molar-refractivity contribution in [1.82, 2.24) is 5.32 Å². The molecule has 0 spiro atoms. The summed E-state index contributed by atoms with van der Waals surface area (Å²) in [7, 11) is -3.76. The van der Waals surface area contributed by atoms with E-state index < -0.39 is 13.7 Å². The van der Waals surface area contributed by atoms with Crippen LogP contribution in [-0.2, 0) is 26.2 Å². The minimum atomic E-state index is -3.76. The lowest BCUT2D eigenvalue weighted by Crippen LogP contribution is -2.28. The first kappa shape index (κ1) is 23.9. The number of phosphoric ester groups is 1. The molecule has 34 heavy (non-hydrogen) atoms. The number of carbonyl (C=O) groups is 2. The molecule has 4 rings (SSSR count). The number of amides is 2. The maximum absolute atomic E-state index is 12.8. The lowest BCUT2D eigenvalue weighted by molar-refractivity contribution is -0.117. The van der Waals surface area contributed by atoms with E-state index in [-0.39, 0.29) is 25.5 Å². The Bertz CT molecular complexity index is 1230. The van der Waals surface area contributed by atoms with Crippen molar-refractivity contribution in [3.63, 3.8) is 0 Å². The number of carbonyl (C=O) groups excluding carboxylic acids is 2. The molecule has 3 aromatic carbocycles. The molecule has 0 radical (unpaired) electrons. The van der Waals surface area contributed by atoms with Gasteiger partial charge in [-0.3, -0.25) is 14.1 Å². The Morgan fingerprint density at radius 2 is 1.76 bits per heavy atom. The second kappa shape index (κ2) is 10.8. The Morgan fingerprint density at radius 1 is 1.03 bits per heavy atom. The standard InChI is InChI=1S/C24H23N2O6PS/c25-23(27)13-14-26-24(28)20-6-2-4-8-22(20)34-16-17-9-11-19(12-10-17)31-33(29)30-15-18-5-1-3-7-21(18)32-33/h1-12H,13-16H2,(H2,25,27)(H,26,28). The number of thioether (sulfide) groups is 1. The number of nitrogens with one attached hydrogen (secondary N) is 1. The Labute approximate surface area is 201 Å². The number of hydrogen-bond donors (Lipinski definition) is 2. The van der Waals surface area contributed by atoms with Gasteiger partial charge in [0.15, 0.2) is 0 Å². The largest absolute Gasteiger partial charge is 0.587 e. The summed E-state index contributed by atoms with van der Waals surface area (Å²) in [6.45, 7) is 0.342. The summed E-state index contributed by atoms with van der Waals surface area (Å²) < 4.78 is 29.2. The van der Waals surface area contributed by atoms with Crippen LogP contribution in [0, 0.1) is 0 Å². The normalized spacial score (nSPS) is 16.7. The van der Waals surface area contributed by atoms with E-state index in [0.717, 1.165) is 16.0 Å². The van der Waals surface area contributed by atoms with Gasteiger partial charge < -0.3 is 20.1 Å². The number of phosphoric acid groups is 1. The summed E-state index contributed by atoms with van der Waals surface area (Å²) in [4.78, 5) is 24.1. The molecule has 1 atom stereocenters. The molecule has 0 aromatic heterocycles. The number of benzene rings is 3. The van der Waals surface area contributed by atoms with Gasteiger partial charge in [0.1, 0.15) is 11.5 Å². The van der Waals surface area contributed by atoms with E-state index in [1.54, 1.807) is 36.4 Å². The van der Waals surface area contributed by atoms with E-state index in [1.165, 1.54) is 11.8 Å². The third kappa shape index (κ3) is 6.20. The topological polar surface area (TPSA) is 117 Å². The van der Waals surface area contributed by atoms with Crippen molar-refractivity contribution in [2.45, 2.75) is 23.7 Å². The molecule has 1 aliphatic heterocycles. The zero-order valence-corrected chi connectivity index (χ0v) is 19.8. The highest BCUT2D eigenvalue weighted by Crippen LogP contribution is 2.54. The summed E-state index contributed by atoms with van der Waals surface area (Å²) in [5.41, 5.74) is 7.44. The number of para-hydroxylation sites is 1. The number of primary amides is 1. The third-order valence-corrected chi connectivity index (χ3v) is 7.33. The maximum Gasteiger partial charge on any atom is 0.587 e. The van der Waals surface area contributed by atoms with Gasteiger partial charge in [0.05, 0.1) is 12.2 Å². The van der Waals surface area contributed by atoms with Crippen molar-refractivity contribution in [2.75, 3.05) is 6.54 Å². The van der Waals surface area contributed by atoms with Crippen LogP contribution in [0.15, 0.2) is 77.7 Å². The molecule has 0 aliphatic carbocycles. The first-order valence-electron chi connectivity index (χ1n) is 10.5. The zero-order valence-electron chi connectivity index (χ0n) is 18.1. The molecule has 1 heterocycles. The Hall–Kier alpha value is -3.26. The maximum atomic E-state index is 12.8. The van der Waals surface area contributed by atoms with Crippen LogP contribution in [0.4, 0.5) is 0 Å². The number of nitrogens with two attached hydrogens (primary N) is 1. The molecule has 1 aliphatic rings. The van der Waals surface area contributed by atoms with Crippen LogP contribution in [0.1, 0.15) is 27.9 Å². The molecule has 3 aromatic rings. The summed E-state index contributed by atoms with van der Waals surface area (Å²) in [5, 5.41) is 2.71. The molecule has 10 heteroatoms. The van der Waals surface area contributed by atoms with Crippen LogP contribution >= 0.6 is 19.6 Å². The van der Waals surface area contributed by atoms with Gasteiger partial charge in [0, 0.05) is 29.2 Å². The van der Waals surface area contributed by atoms with Gasteiger partial charge in [-0.1, -0.05) is 42.5 Å². The van der Waals surface area contributed by atoms with Crippen molar-refractivity contribution in [1.29, 1.82) is 0 Å². The van der Waals surface area contributed by atoms with Gasteiger partial charge in [0.2, 0.25) is 5.91 Å². The van der Waals surface area contributed by atoms with Crippen molar-refractivity contribution >= 4 is 31.4 Å². The fourth-order valence-electron chi connectivity index (χ4n) is 3.16. The van der Waals surface area contributed by atoms with Crippen LogP contribution < -0.4 is 20.1 Å². The van der Waals surface area contributed by atoms with Crippen LogP contribution in [0.3, 0.4) is 0 Å². The van der Waals surface area contributed by atoms with Crippen molar-refractivity contribution in [3.8, 4) is 11.5 Å². The molecule has 0 fully saturated rings. The van der Waals surface area contributed by atoms with Crippen LogP contribution in [0.25, 0.3) is 0 Å². The smallest absolute Gasteiger partial charge is 0.395 e. The summed E-state index contributed by atoms with van der Waals surface area (Å²) in [6, 6.07) is 21.6. The second-order valence-corrected chi connectivity index (χ2v) is 9.95. The molecule has 176 valence electrons. The monoisotopic (exact) mass is 498 g/mol.